The van der Waals surface area contributed by atoms with Crippen LogP contribution in [0, 0.1) is 17.3 Å². The summed E-state index contributed by atoms with van der Waals surface area (Å²) in [7, 11) is 0. The zero-order chi connectivity index (χ0) is 18.6. The highest BCUT2D eigenvalue weighted by Crippen LogP contribution is 2.81. The Morgan fingerprint density at radius 3 is 2.81 bits per heavy atom. The van der Waals surface area contributed by atoms with E-state index in [9.17, 15) is 14.7 Å². The van der Waals surface area contributed by atoms with E-state index in [4.69, 9.17) is 18.9 Å². The molecule has 9 atom stereocenters. The Hall–Kier alpha value is -1.28. The highest BCUT2D eigenvalue weighted by molar-refractivity contribution is 6.05. The van der Waals surface area contributed by atoms with Gasteiger partial charge in [0.1, 0.15) is 24.4 Å². The number of rotatable bonds is 2. The van der Waals surface area contributed by atoms with E-state index in [-0.39, 0.29) is 53.9 Å². The van der Waals surface area contributed by atoms with Crippen molar-refractivity contribution >= 4 is 11.8 Å². The molecule has 0 bridgehead atoms. The Labute approximate surface area is 156 Å². The molecule has 0 aromatic heterocycles. The molecule has 0 amide bonds. The van der Waals surface area contributed by atoms with Gasteiger partial charge in [-0.15, -0.1) is 0 Å². The van der Waals surface area contributed by atoms with Crippen LogP contribution in [0.25, 0.3) is 0 Å². The molecule has 0 radical (unpaired) electrons. The molecule has 2 saturated carbocycles. The first-order valence-electron chi connectivity index (χ1n) is 9.96. The fourth-order valence-corrected chi connectivity index (χ4v) is 7.44. The van der Waals surface area contributed by atoms with Crippen LogP contribution in [-0.4, -0.2) is 65.2 Å². The van der Waals surface area contributed by atoms with Gasteiger partial charge >= 0.3 is 5.97 Å². The van der Waals surface area contributed by atoms with Crippen molar-refractivity contribution < 1.29 is 33.6 Å². The second-order valence-corrected chi connectivity index (χ2v) is 9.65. The molecular formula is C20H22O7. The van der Waals surface area contributed by atoms with Crippen LogP contribution in [0.3, 0.4) is 0 Å². The van der Waals surface area contributed by atoms with Crippen molar-refractivity contribution in [2.45, 2.75) is 68.2 Å². The average molecular weight is 374 g/mol. The fourth-order valence-electron chi connectivity index (χ4n) is 7.44. The third-order valence-corrected chi connectivity index (χ3v) is 8.97. The van der Waals surface area contributed by atoms with Gasteiger partial charge in [-0.25, -0.2) is 4.79 Å². The third-order valence-electron chi connectivity index (χ3n) is 8.97. The summed E-state index contributed by atoms with van der Waals surface area (Å²) in [5, 5.41) is 9.69. The first-order chi connectivity index (χ1) is 12.9. The lowest BCUT2D eigenvalue weighted by atomic mass is 9.47. The molecule has 0 aromatic rings. The number of ether oxygens (including phenoxy) is 4. The second-order valence-electron chi connectivity index (χ2n) is 9.65. The number of hydrogen-bond donors (Lipinski definition) is 1. The molecule has 3 aliphatic carbocycles. The number of hydrogen-bond acceptors (Lipinski definition) is 7. The quantitative estimate of drug-likeness (QED) is 0.547. The topological polar surface area (TPSA) is 101 Å². The molecule has 7 heteroatoms. The van der Waals surface area contributed by atoms with Gasteiger partial charge in [-0.3, -0.25) is 4.79 Å². The van der Waals surface area contributed by atoms with Gasteiger partial charge in [-0.1, -0.05) is 13.8 Å². The van der Waals surface area contributed by atoms with E-state index in [0.29, 0.717) is 19.4 Å². The number of aliphatic hydroxyl groups excluding tert-OH is 1. The molecule has 3 saturated heterocycles. The number of carbonyl (C=O) groups is 2. The molecule has 4 heterocycles. The standard InChI is InChI=1S/C20H22O7/c1-8(6-21)18-13(26-18)14-20(27-14)17(2)4-3-9-10(7-24-15(9)22)11(17)5-12-19(20,25-12)16(18)23/h8,11-14,21H,3-7H2,1-2H3/t8?,11-,12-,13-,14-,17-,18-,19+,20+/m0/s1. The van der Waals surface area contributed by atoms with Gasteiger partial charge in [0, 0.05) is 23.5 Å². The van der Waals surface area contributed by atoms with Gasteiger partial charge in [0.2, 0.25) is 5.78 Å². The molecule has 144 valence electrons. The molecule has 4 aliphatic heterocycles. The van der Waals surface area contributed by atoms with E-state index in [1.54, 1.807) is 0 Å². The molecule has 7 rings (SSSR count). The maximum atomic E-state index is 13.7. The first kappa shape index (κ1) is 15.6. The van der Waals surface area contributed by atoms with E-state index in [2.05, 4.69) is 6.92 Å². The van der Waals surface area contributed by atoms with Gasteiger partial charge in [0.15, 0.2) is 11.2 Å². The van der Waals surface area contributed by atoms with Gasteiger partial charge < -0.3 is 24.1 Å². The maximum Gasteiger partial charge on any atom is 0.334 e. The molecule has 7 nitrogen and oxygen atoms in total. The minimum Gasteiger partial charge on any atom is -0.458 e. The number of epoxide rings is 3. The Bertz CT molecular complexity index is 880. The van der Waals surface area contributed by atoms with Crippen molar-refractivity contribution in [1.29, 1.82) is 0 Å². The maximum absolute atomic E-state index is 13.7. The van der Waals surface area contributed by atoms with Crippen molar-refractivity contribution in [1.82, 2.24) is 0 Å². The Balaban J connectivity index is 1.37. The Kier molecular flexibility index (Phi) is 2.33. The fraction of sp³-hybridized carbons (Fsp3) is 0.800. The zero-order valence-electron chi connectivity index (χ0n) is 15.3. The number of ketones is 1. The van der Waals surface area contributed by atoms with Gasteiger partial charge in [-0.05, 0) is 30.8 Å². The minimum absolute atomic E-state index is 0.0292. The lowest BCUT2D eigenvalue weighted by Gasteiger charge is -2.51. The zero-order valence-corrected chi connectivity index (χ0v) is 15.3. The Morgan fingerprint density at radius 1 is 1.22 bits per heavy atom. The summed E-state index contributed by atoms with van der Waals surface area (Å²) in [5.41, 5.74) is -0.940. The van der Waals surface area contributed by atoms with Crippen molar-refractivity contribution in [3.63, 3.8) is 0 Å². The number of aliphatic hydroxyl groups is 1. The SMILES string of the molecule is CC(CO)[C@]12O[C@H]1[C@@H]1O[C@@]13[C@@]1(C)CCC4=C(COC4=O)[C@@H]1C[C@@H]1O[C@@]13C2=O. The molecule has 7 aliphatic rings. The van der Waals surface area contributed by atoms with Crippen LogP contribution in [0.4, 0.5) is 0 Å². The number of cyclic esters (lactones) is 1. The van der Waals surface area contributed by atoms with Gasteiger partial charge in [0.25, 0.3) is 0 Å². The molecular weight excluding hydrogens is 352 g/mol. The second kappa shape index (κ2) is 4.03. The normalized spacial score (nSPS) is 59.5. The summed E-state index contributed by atoms with van der Waals surface area (Å²) < 4.78 is 23.9. The summed E-state index contributed by atoms with van der Waals surface area (Å²) in [6.45, 7) is 4.31. The molecule has 2 spiro atoms. The van der Waals surface area contributed by atoms with Crippen LogP contribution < -0.4 is 0 Å². The van der Waals surface area contributed by atoms with E-state index < -0.39 is 16.8 Å². The predicted octanol–water partition coefficient (Wildman–Crippen LogP) is 0.284. The van der Waals surface area contributed by atoms with Gasteiger partial charge in [-0.2, -0.15) is 0 Å². The molecule has 5 fully saturated rings. The minimum atomic E-state index is -0.955. The van der Waals surface area contributed by atoms with E-state index in [1.807, 2.05) is 6.92 Å². The summed E-state index contributed by atoms with van der Waals surface area (Å²) in [4.78, 5) is 25.8. The number of esters is 1. The number of Topliss-reactive ketones (excluding diaryl/α,β-unsaturated/α-hetero) is 1. The first-order valence-corrected chi connectivity index (χ1v) is 9.96. The average Bonchev–Trinajstić information content (AvgIpc) is 3.54. The monoisotopic (exact) mass is 374 g/mol. The predicted molar refractivity (Wildman–Crippen MR) is 87.5 cm³/mol. The summed E-state index contributed by atoms with van der Waals surface area (Å²) in [6.07, 6.45) is 1.48. The number of carbonyl (C=O) groups excluding carboxylic acids is 2. The largest absolute Gasteiger partial charge is 0.458 e. The van der Waals surface area contributed by atoms with E-state index in [0.717, 1.165) is 17.6 Å². The number of fused-ring (bicyclic) bond motifs is 4. The molecule has 0 aromatic carbocycles. The Morgan fingerprint density at radius 2 is 2.04 bits per heavy atom. The van der Waals surface area contributed by atoms with E-state index >= 15 is 0 Å². The molecule has 27 heavy (non-hydrogen) atoms. The summed E-state index contributed by atoms with van der Waals surface area (Å²) >= 11 is 0. The van der Waals surface area contributed by atoms with Crippen LogP contribution >= 0.6 is 0 Å². The summed E-state index contributed by atoms with van der Waals surface area (Å²) in [6, 6.07) is 0. The summed E-state index contributed by atoms with van der Waals surface area (Å²) in [5.74, 6) is -0.359. The van der Waals surface area contributed by atoms with Gasteiger partial charge in [0.05, 0.1) is 6.10 Å². The van der Waals surface area contributed by atoms with Crippen molar-refractivity contribution in [3.05, 3.63) is 11.1 Å². The smallest absolute Gasteiger partial charge is 0.334 e. The lowest BCUT2D eigenvalue weighted by Crippen LogP contribution is -2.67. The van der Waals surface area contributed by atoms with Crippen molar-refractivity contribution in [2.24, 2.45) is 17.3 Å². The van der Waals surface area contributed by atoms with Crippen LogP contribution in [0.1, 0.15) is 33.1 Å². The van der Waals surface area contributed by atoms with Crippen LogP contribution in [0.15, 0.2) is 11.1 Å². The third kappa shape index (κ3) is 1.26. The van der Waals surface area contributed by atoms with E-state index in [1.165, 1.54) is 0 Å². The van der Waals surface area contributed by atoms with Crippen molar-refractivity contribution in [2.75, 3.05) is 13.2 Å². The lowest BCUT2D eigenvalue weighted by molar-refractivity contribution is -0.140. The highest BCUT2D eigenvalue weighted by Gasteiger charge is 3.01. The highest BCUT2D eigenvalue weighted by atomic mass is 16.7. The van der Waals surface area contributed by atoms with Crippen LogP contribution in [0.5, 0.6) is 0 Å². The molecule has 1 N–H and O–H groups in total. The van der Waals surface area contributed by atoms with Crippen LogP contribution in [-0.2, 0) is 28.5 Å². The van der Waals surface area contributed by atoms with Crippen LogP contribution in [0.2, 0.25) is 0 Å². The molecule has 1 unspecified atom stereocenters. The van der Waals surface area contributed by atoms with Crippen molar-refractivity contribution in [3.8, 4) is 0 Å².